The zero-order valence-corrected chi connectivity index (χ0v) is 18.5. The van der Waals surface area contributed by atoms with E-state index in [0.29, 0.717) is 56.8 Å². The first-order chi connectivity index (χ1) is 13.1. The molecular formula is C19H34N4O4S. The number of rotatable bonds is 9. The number of carbonyl (C=O) groups excluding carboxylic acids is 1. The largest absolute Gasteiger partial charge is 0.351 e. The summed E-state index contributed by atoms with van der Waals surface area (Å²) < 4.78 is 34.5. The van der Waals surface area contributed by atoms with Crippen molar-refractivity contribution in [1.82, 2.24) is 18.7 Å². The Morgan fingerprint density at radius 2 is 1.64 bits per heavy atom. The highest BCUT2D eigenvalue weighted by Gasteiger charge is 2.34. The Labute approximate surface area is 169 Å². The SMILES string of the molecule is Cc1cc(C(=O)N2CCN(S(=O)(=O)N(CCC(C)C)CCC(C)C)CC2)on1. The summed E-state index contributed by atoms with van der Waals surface area (Å²) in [6.07, 6.45) is 1.67. The van der Waals surface area contributed by atoms with Crippen molar-refractivity contribution < 1.29 is 17.7 Å². The highest BCUT2D eigenvalue weighted by atomic mass is 32.2. The molecule has 1 amide bonds. The Hall–Kier alpha value is -1.45. The Kier molecular flexibility index (Phi) is 8.03. The van der Waals surface area contributed by atoms with Gasteiger partial charge in [-0.15, -0.1) is 0 Å². The van der Waals surface area contributed by atoms with E-state index in [9.17, 15) is 13.2 Å². The second-order valence-corrected chi connectivity index (χ2v) is 10.2. The van der Waals surface area contributed by atoms with Crippen LogP contribution in [0.2, 0.25) is 0 Å². The van der Waals surface area contributed by atoms with Crippen molar-refractivity contribution in [3.8, 4) is 0 Å². The molecule has 9 heteroatoms. The highest BCUT2D eigenvalue weighted by Crippen LogP contribution is 2.18. The molecule has 1 fully saturated rings. The molecule has 1 aliphatic rings. The standard InChI is InChI=1S/C19H34N4O4S/c1-15(2)6-8-22(9-7-16(3)4)28(25,26)23-12-10-21(11-13-23)19(24)18-14-17(5)20-27-18/h14-16H,6-13H2,1-5H3. The predicted octanol–water partition coefficient (Wildman–Crippen LogP) is 2.38. The van der Waals surface area contributed by atoms with Crippen LogP contribution in [0, 0.1) is 18.8 Å². The fourth-order valence-electron chi connectivity index (χ4n) is 3.05. The maximum Gasteiger partial charge on any atom is 0.292 e. The third-order valence-electron chi connectivity index (χ3n) is 4.93. The molecule has 28 heavy (non-hydrogen) atoms. The maximum absolute atomic E-state index is 13.2. The Bertz CT molecular complexity index is 725. The van der Waals surface area contributed by atoms with Gasteiger partial charge in [-0.2, -0.15) is 17.0 Å². The van der Waals surface area contributed by atoms with Crippen LogP contribution in [-0.4, -0.2) is 72.3 Å². The summed E-state index contributed by atoms with van der Waals surface area (Å²) in [4.78, 5) is 14.1. The minimum absolute atomic E-state index is 0.198. The van der Waals surface area contributed by atoms with Crippen LogP contribution in [0.5, 0.6) is 0 Å². The zero-order chi connectivity index (χ0) is 20.9. The Morgan fingerprint density at radius 1 is 1.11 bits per heavy atom. The van der Waals surface area contributed by atoms with E-state index < -0.39 is 10.2 Å². The van der Waals surface area contributed by atoms with Crippen LogP contribution in [0.3, 0.4) is 0 Å². The third-order valence-corrected chi connectivity index (χ3v) is 6.96. The summed E-state index contributed by atoms with van der Waals surface area (Å²) in [5.41, 5.74) is 0.649. The maximum atomic E-state index is 13.2. The summed E-state index contributed by atoms with van der Waals surface area (Å²) in [6, 6.07) is 1.60. The molecule has 0 N–H and O–H groups in total. The lowest BCUT2D eigenvalue weighted by atomic mass is 10.1. The molecule has 2 heterocycles. The van der Waals surface area contributed by atoms with Gasteiger partial charge in [-0.05, 0) is 31.6 Å². The van der Waals surface area contributed by atoms with Crippen LogP contribution in [0.4, 0.5) is 0 Å². The lowest BCUT2D eigenvalue weighted by molar-refractivity contribution is 0.0652. The molecule has 0 saturated carbocycles. The second-order valence-electron chi connectivity index (χ2n) is 8.30. The molecule has 160 valence electrons. The number of hydrogen-bond acceptors (Lipinski definition) is 5. The second kappa shape index (κ2) is 9.84. The van der Waals surface area contributed by atoms with E-state index in [2.05, 4.69) is 32.9 Å². The van der Waals surface area contributed by atoms with Crippen molar-refractivity contribution in [2.45, 2.75) is 47.5 Å². The van der Waals surface area contributed by atoms with Gasteiger partial charge in [0.05, 0.1) is 5.69 Å². The van der Waals surface area contributed by atoms with Gasteiger partial charge in [-0.25, -0.2) is 0 Å². The number of amides is 1. The summed E-state index contributed by atoms with van der Waals surface area (Å²) in [7, 11) is -3.53. The topological polar surface area (TPSA) is 87.0 Å². The average Bonchev–Trinajstić information content (AvgIpc) is 3.07. The van der Waals surface area contributed by atoms with Gasteiger partial charge in [0.2, 0.25) is 5.76 Å². The normalized spacial score (nSPS) is 16.5. The van der Waals surface area contributed by atoms with E-state index in [4.69, 9.17) is 4.52 Å². The number of nitrogens with zero attached hydrogens (tertiary/aromatic N) is 4. The molecule has 0 unspecified atom stereocenters. The molecule has 0 aromatic carbocycles. The van der Waals surface area contributed by atoms with E-state index in [1.807, 2.05) is 0 Å². The van der Waals surface area contributed by atoms with Crippen molar-refractivity contribution in [2.24, 2.45) is 11.8 Å². The van der Waals surface area contributed by atoms with E-state index >= 15 is 0 Å². The van der Waals surface area contributed by atoms with E-state index in [1.54, 1.807) is 22.2 Å². The molecule has 1 aliphatic heterocycles. The summed E-state index contributed by atoms with van der Waals surface area (Å²) in [6.45, 7) is 12.5. The number of hydrogen-bond donors (Lipinski definition) is 0. The van der Waals surface area contributed by atoms with Crippen LogP contribution in [0.25, 0.3) is 0 Å². The molecule has 0 bridgehead atoms. The molecule has 0 aliphatic carbocycles. The van der Waals surface area contributed by atoms with E-state index in [1.165, 1.54) is 4.31 Å². The molecule has 1 aromatic heterocycles. The van der Waals surface area contributed by atoms with Crippen molar-refractivity contribution in [2.75, 3.05) is 39.3 Å². The average molecular weight is 415 g/mol. The molecular weight excluding hydrogens is 380 g/mol. The van der Waals surface area contributed by atoms with Gasteiger partial charge in [0.1, 0.15) is 0 Å². The van der Waals surface area contributed by atoms with Gasteiger partial charge in [0.15, 0.2) is 0 Å². The fraction of sp³-hybridized carbons (Fsp3) is 0.789. The zero-order valence-electron chi connectivity index (χ0n) is 17.7. The first-order valence-corrected chi connectivity index (χ1v) is 11.5. The number of aromatic nitrogens is 1. The smallest absolute Gasteiger partial charge is 0.292 e. The number of piperazine rings is 1. The highest BCUT2D eigenvalue weighted by molar-refractivity contribution is 7.86. The van der Waals surface area contributed by atoms with Crippen LogP contribution in [0.15, 0.2) is 10.6 Å². The van der Waals surface area contributed by atoms with Crippen LogP contribution < -0.4 is 0 Å². The van der Waals surface area contributed by atoms with Crippen molar-refractivity contribution >= 4 is 16.1 Å². The minimum Gasteiger partial charge on any atom is -0.351 e. The quantitative estimate of drug-likeness (QED) is 0.619. The van der Waals surface area contributed by atoms with Gasteiger partial charge in [-0.3, -0.25) is 4.79 Å². The summed E-state index contributed by atoms with van der Waals surface area (Å²) in [5, 5.41) is 3.74. The van der Waals surface area contributed by atoms with E-state index in [0.717, 1.165) is 12.8 Å². The van der Waals surface area contributed by atoms with Gasteiger partial charge < -0.3 is 9.42 Å². The first kappa shape index (κ1) is 22.8. The third kappa shape index (κ3) is 6.02. The van der Waals surface area contributed by atoms with Gasteiger partial charge >= 0.3 is 0 Å². The molecule has 1 saturated heterocycles. The fourth-order valence-corrected chi connectivity index (χ4v) is 4.68. The first-order valence-electron chi connectivity index (χ1n) is 10.1. The van der Waals surface area contributed by atoms with Gasteiger partial charge in [-0.1, -0.05) is 32.9 Å². The predicted molar refractivity (Wildman–Crippen MR) is 108 cm³/mol. The molecule has 0 atom stereocenters. The van der Waals surface area contributed by atoms with Gasteiger partial charge in [0, 0.05) is 45.3 Å². The minimum atomic E-state index is -3.53. The van der Waals surface area contributed by atoms with E-state index in [-0.39, 0.29) is 11.7 Å². The monoisotopic (exact) mass is 414 g/mol. The lowest BCUT2D eigenvalue weighted by Crippen LogP contribution is -2.54. The molecule has 8 nitrogen and oxygen atoms in total. The van der Waals surface area contributed by atoms with Crippen molar-refractivity contribution in [3.63, 3.8) is 0 Å². The number of carbonyl (C=O) groups is 1. The molecule has 1 aromatic rings. The molecule has 0 radical (unpaired) electrons. The molecule has 2 rings (SSSR count). The Morgan fingerprint density at radius 3 is 2.07 bits per heavy atom. The lowest BCUT2D eigenvalue weighted by Gasteiger charge is -2.36. The number of aryl methyl sites for hydroxylation is 1. The van der Waals surface area contributed by atoms with Crippen LogP contribution in [0.1, 0.15) is 56.8 Å². The van der Waals surface area contributed by atoms with Crippen LogP contribution >= 0.6 is 0 Å². The van der Waals surface area contributed by atoms with Gasteiger partial charge in [0.25, 0.3) is 16.1 Å². The Balaban J connectivity index is 2.00. The van der Waals surface area contributed by atoms with Crippen molar-refractivity contribution in [3.05, 3.63) is 17.5 Å². The summed E-state index contributed by atoms with van der Waals surface area (Å²) in [5.74, 6) is 0.839. The summed E-state index contributed by atoms with van der Waals surface area (Å²) >= 11 is 0. The molecule has 0 spiro atoms. The van der Waals surface area contributed by atoms with Crippen molar-refractivity contribution in [1.29, 1.82) is 0 Å². The van der Waals surface area contributed by atoms with Crippen LogP contribution in [-0.2, 0) is 10.2 Å².